The van der Waals surface area contributed by atoms with Crippen LogP contribution in [0.3, 0.4) is 0 Å². The topological polar surface area (TPSA) is 72.5 Å². The number of fused-ring (bicyclic) bond motifs is 1. The van der Waals surface area contributed by atoms with Gasteiger partial charge in [-0.2, -0.15) is 0 Å². The predicted octanol–water partition coefficient (Wildman–Crippen LogP) is 3.49. The standard InChI is InChI=1S/C16H14BrClN4O2/c17-12-3-10(9-1-2-9)5-22-6-11(19-16(12)22)8-24-14-4-15(18)21-20-13(14)7-23/h3-6,9,23H,1-2,7-8H2. The Morgan fingerprint density at radius 3 is 2.88 bits per heavy atom. The molecule has 1 aliphatic carbocycles. The third-order valence-electron chi connectivity index (χ3n) is 3.95. The van der Waals surface area contributed by atoms with Gasteiger partial charge in [-0.25, -0.2) is 4.98 Å². The fraction of sp³-hybridized carbons (Fsp3) is 0.312. The summed E-state index contributed by atoms with van der Waals surface area (Å²) in [6.45, 7) is -0.0110. The quantitative estimate of drug-likeness (QED) is 0.698. The second-order valence-corrected chi connectivity index (χ2v) is 7.03. The number of imidazole rings is 1. The molecule has 4 rings (SSSR count). The molecule has 3 aromatic rings. The van der Waals surface area contributed by atoms with E-state index in [0.29, 0.717) is 17.4 Å². The number of pyridine rings is 1. The molecule has 0 unspecified atom stereocenters. The van der Waals surface area contributed by atoms with Gasteiger partial charge in [0.2, 0.25) is 0 Å². The minimum absolute atomic E-state index is 0.217. The average Bonchev–Trinajstić information content (AvgIpc) is 3.33. The Morgan fingerprint density at radius 1 is 1.29 bits per heavy atom. The molecule has 0 spiro atoms. The average molecular weight is 410 g/mol. The Kier molecular flexibility index (Phi) is 4.15. The number of nitrogens with zero attached hydrogens (tertiary/aromatic N) is 4. The highest BCUT2D eigenvalue weighted by atomic mass is 79.9. The first-order valence-corrected chi connectivity index (χ1v) is 8.74. The minimum Gasteiger partial charge on any atom is -0.485 e. The van der Waals surface area contributed by atoms with E-state index >= 15 is 0 Å². The maximum absolute atomic E-state index is 9.29. The first-order valence-electron chi connectivity index (χ1n) is 7.57. The molecular formula is C16H14BrClN4O2. The van der Waals surface area contributed by atoms with Gasteiger partial charge in [0.25, 0.3) is 0 Å². The van der Waals surface area contributed by atoms with Crippen LogP contribution in [-0.4, -0.2) is 24.7 Å². The summed E-state index contributed by atoms with van der Waals surface area (Å²) in [5.74, 6) is 1.08. The van der Waals surface area contributed by atoms with E-state index in [1.165, 1.54) is 24.5 Å². The molecule has 3 aromatic heterocycles. The number of halogens is 2. The molecular weight excluding hydrogens is 396 g/mol. The molecule has 1 aliphatic rings. The van der Waals surface area contributed by atoms with Crippen LogP contribution in [0, 0.1) is 0 Å². The number of hydrogen-bond donors (Lipinski definition) is 1. The van der Waals surface area contributed by atoms with E-state index in [4.69, 9.17) is 16.3 Å². The monoisotopic (exact) mass is 408 g/mol. The number of aliphatic hydroxyl groups excluding tert-OH is 1. The van der Waals surface area contributed by atoms with Crippen molar-refractivity contribution in [1.82, 2.24) is 19.6 Å². The fourth-order valence-electron chi connectivity index (χ4n) is 2.60. The van der Waals surface area contributed by atoms with Gasteiger partial charge >= 0.3 is 0 Å². The van der Waals surface area contributed by atoms with Gasteiger partial charge in [-0.1, -0.05) is 11.6 Å². The van der Waals surface area contributed by atoms with E-state index in [9.17, 15) is 5.11 Å². The molecule has 6 nitrogen and oxygen atoms in total. The van der Waals surface area contributed by atoms with Crippen LogP contribution in [0.15, 0.2) is 29.0 Å². The third kappa shape index (κ3) is 3.11. The van der Waals surface area contributed by atoms with Crippen molar-refractivity contribution in [3.8, 4) is 5.75 Å². The van der Waals surface area contributed by atoms with Gasteiger partial charge in [0, 0.05) is 18.5 Å². The zero-order valence-corrected chi connectivity index (χ0v) is 15.0. The van der Waals surface area contributed by atoms with Gasteiger partial charge in [-0.3, -0.25) is 0 Å². The molecule has 24 heavy (non-hydrogen) atoms. The molecule has 0 radical (unpaired) electrons. The summed E-state index contributed by atoms with van der Waals surface area (Å²) >= 11 is 9.42. The zero-order chi connectivity index (χ0) is 16.7. The van der Waals surface area contributed by atoms with Crippen molar-refractivity contribution >= 4 is 33.2 Å². The molecule has 124 valence electrons. The fourth-order valence-corrected chi connectivity index (χ4v) is 3.30. The summed E-state index contributed by atoms with van der Waals surface area (Å²) in [7, 11) is 0. The van der Waals surface area contributed by atoms with E-state index < -0.39 is 0 Å². The van der Waals surface area contributed by atoms with E-state index in [1.807, 2.05) is 10.6 Å². The largest absolute Gasteiger partial charge is 0.485 e. The lowest BCUT2D eigenvalue weighted by molar-refractivity contribution is 0.250. The Morgan fingerprint density at radius 2 is 2.12 bits per heavy atom. The molecule has 0 bridgehead atoms. The van der Waals surface area contributed by atoms with Gasteiger partial charge in [-0.05, 0) is 46.3 Å². The molecule has 0 aromatic carbocycles. The van der Waals surface area contributed by atoms with Crippen LogP contribution in [-0.2, 0) is 13.2 Å². The number of hydrogen-bond acceptors (Lipinski definition) is 5. The molecule has 0 amide bonds. The summed E-state index contributed by atoms with van der Waals surface area (Å²) in [6.07, 6.45) is 6.57. The van der Waals surface area contributed by atoms with Crippen LogP contribution in [0.2, 0.25) is 5.15 Å². The zero-order valence-electron chi connectivity index (χ0n) is 12.6. The third-order valence-corrected chi connectivity index (χ3v) is 4.72. The van der Waals surface area contributed by atoms with E-state index in [-0.39, 0.29) is 18.4 Å². The van der Waals surface area contributed by atoms with Crippen molar-refractivity contribution in [3.05, 3.63) is 51.1 Å². The molecule has 1 fully saturated rings. The van der Waals surface area contributed by atoms with Gasteiger partial charge in [0.1, 0.15) is 18.1 Å². The first-order chi connectivity index (χ1) is 11.6. The van der Waals surface area contributed by atoms with Crippen LogP contribution in [0.25, 0.3) is 5.65 Å². The van der Waals surface area contributed by atoms with E-state index in [1.54, 1.807) is 0 Å². The van der Waals surface area contributed by atoms with E-state index in [0.717, 1.165) is 15.8 Å². The molecule has 8 heteroatoms. The summed E-state index contributed by atoms with van der Waals surface area (Å²) in [4.78, 5) is 4.59. The maximum Gasteiger partial charge on any atom is 0.155 e. The maximum atomic E-state index is 9.29. The van der Waals surface area contributed by atoms with Crippen molar-refractivity contribution in [3.63, 3.8) is 0 Å². The van der Waals surface area contributed by atoms with Crippen molar-refractivity contribution < 1.29 is 9.84 Å². The SMILES string of the molecule is OCc1nnc(Cl)cc1OCc1cn2cc(C3CC3)cc(Br)c2n1. The predicted molar refractivity (Wildman–Crippen MR) is 92.2 cm³/mol. The lowest BCUT2D eigenvalue weighted by Gasteiger charge is -2.07. The Labute approximate surface area is 151 Å². The summed E-state index contributed by atoms with van der Waals surface area (Å²) in [6, 6.07) is 3.68. The number of ether oxygens (including phenoxy) is 1. The highest BCUT2D eigenvalue weighted by Gasteiger charge is 2.24. The normalized spacial score (nSPS) is 14.3. The lowest BCUT2D eigenvalue weighted by atomic mass is 10.2. The van der Waals surface area contributed by atoms with E-state index in [2.05, 4.69) is 43.4 Å². The molecule has 1 N–H and O–H groups in total. The highest BCUT2D eigenvalue weighted by Crippen LogP contribution is 2.41. The van der Waals surface area contributed by atoms with Gasteiger partial charge in [0.05, 0.1) is 16.8 Å². The van der Waals surface area contributed by atoms with Gasteiger partial charge in [0.15, 0.2) is 10.8 Å². The minimum atomic E-state index is -0.263. The van der Waals surface area contributed by atoms with Gasteiger partial charge in [-0.15, -0.1) is 10.2 Å². The lowest BCUT2D eigenvalue weighted by Crippen LogP contribution is -2.02. The highest BCUT2D eigenvalue weighted by molar-refractivity contribution is 9.10. The number of aliphatic hydroxyl groups is 1. The van der Waals surface area contributed by atoms with Crippen molar-refractivity contribution in [2.75, 3.05) is 0 Å². The molecule has 0 atom stereocenters. The van der Waals surface area contributed by atoms with Crippen LogP contribution in [0.1, 0.15) is 35.7 Å². The second-order valence-electron chi connectivity index (χ2n) is 5.78. The van der Waals surface area contributed by atoms with Crippen molar-refractivity contribution in [2.45, 2.75) is 32.0 Å². The van der Waals surface area contributed by atoms with Gasteiger partial charge < -0.3 is 14.2 Å². The summed E-state index contributed by atoms with van der Waals surface area (Å²) < 4.78 is 8.71. The van der Waals surface area contributed by atoms with Crippen LogP contribution in [0.4, 0.5) is 0 Å². The Hall–Kier alpha value is -1.70. The number of rotatable bonds is 5. The summed E-state index contributed by atoms with van der Waals surface area (Å²) in [5, 5.41) is 17.0. The molecule has 0 saturated heterocycles. The molecule has 1 saturated carbocycles. The van der Waals surface area contributed by atoms with Crippen LogP contribution in [0.5, 0.6) is 5.75 Å². The summed E-state index contributed by atoms with van der Waals surface area (Å²) in [5.41, 5.74) is 3.30. The van der Waals surface area contributed by atoms with Crippen molar-refractivity contribution in [2.24, 2.45) is 0 Å². The first kappa shape index (κ1) is 15.8. The smallest absolute Gasteiger partial charge is 0.155 e. The number of aromatic nitrogens is 4. The molecule has 0 aliphatic heterocycles. The Bertz CT molecular complexity index is 910. The molecule has 3 heterocycles. The second kappa shape index (κ2) is 6.31. The van der Waals surface area contributed by atoms with Crippen molar-refractivity contribution in [1.29, 1.82) is 0 Å². The van der Waals surface area contributed by atoms with Crippen LogP contribution >= 0.6 is 27.5 Å². The Balaban J connectivity index is 1.59. The van der Waals surface area contributed by atoms with Crippen LogP contribution < -0.4 is 4.74 Å².